The van der Waals surface area contributed by atoms with Gasteiger partial charge in [-0.15, -0.1) is 0 Å². The maximum Gasteiger partial charge on any atom is 0.253 e. The molecule has 1 atom stereocenters. The predicted octanol–water partition coefficient (Wildman–Crippen LogP) is 3.58. The van der Waals surface area contributed by atoms with Crippen LogP contribution in [0.25, 0.3) is 0 Å². The first kappa shape index (κ1) is 23.7. The quantitative estimate of drug-likeness (QED) is 0.517. The molecule has 10 heteroatoms. The molecule has 176 valence electrons. The third-order valence-corrected chi connectivity index (χ3v) is 7.09. The molecule has 0 aliphatic carbocycles. The standard InChI is InChI=1S/C24H22ClN3O5S/c1-26-34(31,32)20-11-12-22(25)21(14-20)24(30)27-16-13-23(29)28(15-16)17-7-9-19(10-8-17)33-18-5-3-2-4-6-18/h2-12,14,16,26H,13,15H2,1H3,(H,27,30). The number of anilines is 1. The molecule has 2 amide bonds. The van der Waals surface area contributed by atoms with Gasteiger partial charge in [0.1, 0.15) is 11.5 Å². The van der Waals surface area contributed by atoms with Crippen molar-refractivity contribution in [2.24, 2.45) is 0 Å². The summed E-state index contributed by atoms with van der Waals surface area (Å²) in [6.45, 7) is 0.273. The van der Waals surface area contributed by atoms with Crippen LogP contribution in [-0.2, 0) is 14.8 Å². The summed E-state index contributed by atoms with van der Waals surface area (Å²) in [6.07, 6.45) is 0.111. The fourth-order valence-electron chi connectivity index (χ4n) is 3.60. The second-order valence-electron chi connectivity index (χ2n) is 7.64. The van der Waals surface area contributed by atoms with Crippen LogP contribution in [0.15, 0.2) is 77.7 Å². The van der Waals surface area contributed by atoms with Crippen LogP contribution in [0.1, 0.15) is 16.8 Å². The van der Waals surface area contributed by atoms with E-state index < -0.39 is 22.0 Å². The molecule has 0 radical (unpaired) electrons. The summed E-state index contributed by atoms with van der Waals surface area (Å²) in [5.74, 6) is 0.655. The zero-order valence-corrected chi connectivity index (χ0v) is 19.8. The van der Waals surface area contributed by atoms with E-state index in [4.69, 9.17) is 16.3 Å². The second kappa shape index (κ2) is 9.84. The van der Waals surface area contributed by atoms with E-state index >= 15 is 0 Å². The third kappa shape index (κ3) is 5.22. The monoisotopic (exact) mass is 499 g/mol. The lowest BCUT2D eigenvalue weighted by molar-refractivity contribution is -0.117. The molecule has 1 aliphatic heterocycles. The molecule has 1 heterocycles. The van der Waals surface area contributed by atoms with Gasteiger partial charge >= 0.3 is 0 Å². The largest absolute Gasteiger partial charge is 0.457 e. The van der Waals surface area contributed by atoms with E-state index in [0.29, 0.717) is 17.2 Å². The van der Waals surface area contributed by atoms with Crippen molar-refractivity contribution in [3.8, 4) is 11.5 Å². The fraction of sp³-hybridized carbons (Fsp3) is 0.167. The van der Waals surface area contributed by atoms with Crippen LogP contribution in [0.4, 0.5) is 5.69 Å². The minimum Gasteiger partial charge on any atom is -0.457 e. The van der Waals surface area contributed by atoms with Crippen LogP contribution < -0.4 is 19.7 Å². The molecule has 3 aromatic carbocycles. The Bertz CT molecular complexity index is 1310. The van der Waals surface area contributed by atoms with Gasteiger partial charge in [0.05, 0.1) is 21.5 Å². The average Bonchev–Trinajstić information content (AvgIpc) is 3.20. The van der Waals surface area contributed by atoms with E-state index in [1.165, 1.54) is 25.2 Å². The lowest BCUT2D eigenvalue weighted by atomic mass is 10.2. The molecule has 3 aromatic rings. The molecular formula is C24H22ClN3O5S. The van der Waals surface area contributed by atoms with Gasteiger partial charge in [-0.2, -0.15) is 0 Å². The summed E-state index contributed by atoms with van der Waals surface area (Å²) < 4.78 is 32.1. The van der Waals surface area contributed by atoms with Crippen molar-refractivity contribution in [1.82, 2.24) is 10.0 Å². The molecule has 4 rings (SSSR count). The molecule has 0 aromatic heterocycles. The summed E-state index contributed by atoms with van der Waals surface area (Å²) in [4.78, 5) is 26.9. The number of hydrogen-bond acceptors (Lipinski definition) is 5. The average molecular weight is 500 g/mol. The number of nitrogens with one attached hydrogen (secondary N) is 2. The van der Waals surface area contributed by atoms with E-state index in [1.807, 2.05) is 30.3 Å². The zero-order valence-electron chi connectivity index (χ0n) is 18.2. The Kier molecular flexibility index (Phi) is 6.87. The molecule has 0 saturated carbocycles. The minimum absolute atomic E-state index is 0.0197. The van der Waals surface area contributed by atoms with Gasteiger partial charge in [-0.05, 0) is 61.6 Å². The van der Waals surface area contributed by atoms with Gasteiger partial charge in [0, 0.05) is 18.7 Å². The molecule has 8 nitrogen and oxygen atoms in total. The van der Waals surface area contributed by atoms with Crippen molar-refractivity contribution in [2.45, 2.75) is 17.4 Å². The van der Waals surface area contributed by atoms with Crippen LogP contribution >= 0.6 is 11.6 Å². The van der Waals surface area contributed by atoms with Gasteiger partial charge in [0.15, 0.2) is 0 Å². The summed E-state index contributed by atoms with van der Waals surface area (Å²) in [6, 6.07) is 19.9. The van der Waals surface area contributed by atoms with E-state index in [9.17, 15) is 18.0 Å². The zero-order chi connectivity index (χ0) is 24.3. The first-order valence-electron chi connectivity index (χ1n) is 10.4. The maximum atomic E-state index is 12.8. The summed E-state index contributed by atoms with van der Waals surface area (Å²) in [5, 5.41) is 2.89. The van der Waals surface area contributed by atoms with Crippen LogP contribution in [-0.4, -0.2) is 39.9 Å². The summed E-state index contributed by atoms with van der Waals surface area (Å²) in [7, 11) is -2.46. The molecule has 0 spiro atoms. The number of nitrogens with zero attached hydrogens (tertiary/aromatic N) is 1. The first-order valence-corrected chi connectivity index (χ1v) is 12.3. The Morgan fingerprint density at radius 1 is 1.03 bits per heavy atom. The van der Waals surface area contributed by atoms with Crippen LogP contribution in [0.2, 0.25) is 5.02 Å². The number of halogens is 1. The van der Waals surface area contributed by atoms with Crippen molar-refractivity contribution in [1.29, 1.82) is 0 Å². The molecule has 2 N–H and O–H groups in total. The van der Waals surface area contributed by atoms with Crippen LogP contribution in [0, 0.1) is 0 Å². The van der Waals surface area contributed by atoms with Crippen molar-refractivity contribution >= 4 is 39.1 Å². The first-order chi connectivity index (χ1) is 16.3. The van der Waals surface area contributed by atoms with Crippen molar-refractivity contribution < 1.29 is 22.7 Å². The highest BCUT2D eigenvalue weighted by molar-refractivity contribution is 7.89. The Morgan fingerprint density at radius 2 is 1.71 bits per heavy atom. The highest BCUT2D eigenvalue weighted by Crippen LogP contribution is 2.27. The Morgan fingerprint density at radius 3 is 2.38 bits per heavy atom. The maximum absolute atomic E-state index is 12.8. The van der Waals surface area contributed by atoms with E-state index in [-0.39, 0.29) is 34.4 Å². The normalized spacial score (nSPS) is 15.9. The van der Waals surface area contributed by atoms with Gasteiger partial charge in [-0.25, -0.2) is 13.1 Å². The molecule has 1 unspecified atom stereocenters. The van der Waals surface area contributed by atoms with E-state index in [0.717, 1.165) is 0 Å². The number of ether oxygens (including phenoxy) is 1. The number of carbonyl (C=O) groups excluding carboxylic acids is 2. The van der Waals surface area contributed by atoms with Gasteiger partial charge in [-0.3, -0.25) is 9.59 Å². The highest BCUT2D eigenvalue weighted by Gasteiger charge is 2.32. The number of carbonyl (C=O) groups is 2. The highest BCUT2D eigenvalue weighted by atomic mass is 35.5. The molecule has 1 aliphatic rings. The number of hydrogen-bond donors (Lipinski definition) is 2. The van der Waals surface area contributed by atoms with E-state index in [1.54, 1.807) is 29.2 Å². The summed E-state index contributed by atoms with van der Waals surface area (Å²) in [5.41, 5.74) is 0.702. The Hall–Kier alpha value is -3.40. The lowest BCUT2D eigenvalue weighted by Crippen LogP contribution is -2.37. The number of amides is 2. The molecule has 0 bridgehead atoms. The number of benzene rings is 3. The number of rotatable bonds is 7. The van der Waals surface area contributed by atoms with Gasteiger partial charge < -0.3 is 15.0 Å². The SMILES string of the molecule is CNS(=O)(=O)c1ccc(Cl)c(C(=O)NC2CC(=O)N(c3ccc(Oc4ccccc4)cc3)C2)c1. The fourth-order valence-corrected chi connectivity index (χ4v) is 4.56. The Balaban J connectivity index is 1.43. The molecule has 1 saturated heterocycles. The third-order valence-electron chi connectivity index (χ3n) is 5.35. The Labute approximate surface area is 202 Å². The van der Waals surface area contributed by atoms with Crippen molar-refractivity contribution in [3.63, 3.8) is 0 Å². The predicted molar refractivity (Wildman–Crippen MR) is 129 cm³/mol. The van der Waals surface area contributed by atoms with E-state index in [2.05, 4.69) is 10.0 Å². The van der Waals surface area contributed by atoms with Crippen LogP contribution in [0.3, 0.4) is 0 Å². The van der Waals surface area contributed by atoms with Gasteiger partial charge in [0.25, 0.3) is 5.91 Å². The minimum atomic E-state index is -3.74. The molecular weight excluding hydrogens is 478 g/mol. The van der Waals surface area contributed by atoms with Gasteiger partial charge in [-0.1, -0.05) is 29.8 Å². The summed E-state index contributed by atoms with van der Waals surface area (Å²) >= 11 is 6.13. The second-order valence-corrected chi connectivity index (χ2v) is 9.93. The van der Waals surface area contributed by atoms with Crippen LogP contribution in [0.5, 0.6) is 11.5 Å². The van der Waals surface area contributed by atoms with Crippen molar-refractivity contribution in [2.75, 3.05) is 18.5 Å². The lowest BCUT2D eigenvalue weighted by Gasteiger charge is -2.18. The topological polar surface area (TPSA) is 105 Å². The molecule has 34 heavy (non-hydrogen) atoms. The van der Waals surface area contributed by atoms with Gasteiger partial charge in [0.2, 0.25) is 15.9 Å². The molecule has 1 fully saturated rings. The van der Waals surface area contributed by atoms with Crippen molar-refractivity contribution in [3.05, 3.63) is 83.4 Å². The number of para-hydroxylation sites is 1. The smallest absolute Gasteiger partial charge is 0.253 e. The number of sulfonamides is 1.